The summed E-state index contributed by atoms with van der Waals surface area (Å²) in [5.74, 6) is -0.922. The van der Waals surface area contributed by atoms with Crippen LogP contribution in [0.15, 0.2) is 54.6 Å². The maximum atomic E-state index is 14.1. The Kier molecular flexibility index (Phi) is 6.06. The third-order valence-electron chi connectivity index (χ3n) is 3.90. The van der Waals surface area contributed by atoms with Gasteiger partial charge in [0.05, 0.1) is 19.9 Å². The molecule has 0 aliphatic heterocycles. The van der Waals surface area contributed by atoms with Gasteiger partial charge >= 0.3 is 0 Å². The molecule has 0 aliphatic rings. The van der Waals surface area contributed by atoms with Crippen LogP contribution in [0.1, 0.15) is 4.88 Å². The number of halogens is 2. The highest BCUT2D eigenvalue weighted by molar-refractivity contribution is 7.16. The topological polar surface area (TPSA) is 47.6 Å². The fourth-order valence-corrected chi connectivity index (χ4v) is 3.47. The molecule has 0 bridgehead atoms. The van der Waals surface area contributed by atoms with Gasteiger partial charge in [-0.3, -0.25) is 4.79 Å². The highest BCUT2D eigenvalue weighted by Gasteiger charge is 2.12. The van der Waals surface area contributed by atoms with E-state index in [-0.39, 0.29) is 17.3 Å². The number of carbonyl (C=O) groups excluding carboxylic acids is 1. The van der Waals surface area contributed by atoms with Crippen molar-refractivity contribution in [3.63, 3.8) is 0 Å². The largest absolute Gasteiger partial charge is 0.493 e. The predicted molar refractivity (Wildman–Crippen MR) is 107 cm³/mol. The number of benzene rings is 2. The van der Waals surface area contributed by atoms with E-state index in [0.29, 0.717) is 11.3 Å². The summed E-state index contributed by atoms with van der Waals surface area (Å²) in [4.78, 5) is 13.6. The van der Waals surface area contributed by atoms with Crippen molar-refractivity contribution >= 4 is 29.0 Å². The molecule has 0 saturated carbocycles. The monoisotopic (exact) mass is 401 g/mol. The van der Waals surface area contributed by atoms with Gasteiger partial charge in [0, 0.05) is 33.5 Å². The number of nitrogens with one attached hydrogen (secondary N) is 1. The second-order valence-electron chi connectivity index (χ2n) is 5.69. The van der Waals surface area contributed by atoms with E-state index < -0.39 is 11.7 Å². The predicted octanol–water partition coefficient (Wildman–Crippen LogP) is 5.36. The summed E-state index contributed by atoms with van der Waals surface area (Å²) in [7, 11) is 2.82. The summed E-state index contributed by atoms with van der Waals surface area (Å²) in [6.07, 6.45) is 2.87. The van der Waals surface area contributed by atoms with Gasteiger partial charge in [-0.05, 0) is 24.3 Å². The lowest BCUT2D eigenvalue weighted by molar-refractivity contribution is -0.111. The van der Waals surface area contributed by atoms with Gasteiger partial charge in [0.2, 0.25) is 5.91 Å². The van der Waals surface area contributed by atoms with Crippen LogP contribution in [0.2, 0.25) is 0 Å². The van der Waals surface area contributed by atoms with Crippen molar-refractivity contribution in [2.75, 3.05) is 19.5 Å². The van der Waals surface area contributed by atoms with Crippen molar-refractivity contribution in [1.29, 1.82) is 0 Å². The van der Waals surface area contributed by atoms with Gasteiger partial charge in [0.25, 0.3) is 0 Å². The maximum Gasteiger partial charge on any atom is 0.248 e. The summed E-state index contributed by atoms with van der Waals surface area (Å²) in [6.45, 7) is 0. The molecule has 3 aromatic rings. The summed E-state index contributed by atoms with van der Waals surface area (Å²) in [6, 6.07) is 12.5. The molecule has 144 valence electrons. The van der Waals surface area contributed by atoms with Crippen molar-refractivity contribution in [3.8, 4) is 21.9 Å². The number of thiophene rings is 1. The third kappa shape index (κ3) is 4.37. The van der Waals surface area contributed by atoms with Crippen LogP contribution in [0.25, 0.3) is 16.5 Å². The zero-order chi connectivity index (χ0) is 20.1. The van der Waals surface area contributed by atoms with E-state index in [9.17, 15) is 13.6 Å². The smallest absolute Gasteiger partial charge is 0.248 e. The molecule has 28 heavy (non-hydrogen) atoms. The molecule has 0 unspecified atom stereocenters. The molecular formula is C21H17F2NO3S. The highest BCUT2D eigenvalue weighted by atomic mass is 32.1. The molecule has 1 heterocycles. The van der Waals surface area contributed by atoms with Gasteiger partial charge in [-0.15, -0.1) is 11.3 Å². The van der Waals surface area contributed by atoms with Crippen LogP contribution in [0.4, 0.5) is 14.5 Å². The second kappa shape index (κ2) is 8.67. The molecule has 4 nitrogen and oxygen atoms in total. The SMILES string of the molecule is COc1cc(F)c(NC(=O)/C=C/c2ccc(-c3ccccc3F)s2)cc1OC. The van der Waals surface area contributed by atoms with E-state index >= 15 is 0 Å². The molecule has 0 fully saturated rings. The molecule has 0 saturated heterocycles. The Labute approximate surface area is 165 Å². The van der Waals surface area contributed by atoms with Crippen LogP contribution < -0.4 is 14.8 Å². The van der Waals surface area contributed by atoms with Crippen LogP contribution in [0.3, 0.4) is 0 Å². The summed E-state index contributed by atoms with van der Waals surface area (Å²) in [5.41, 5.74) is 0.481. The van der Waals surface area contributed by atoms with Gasteiger partial charge < -0.3 is 14.8 Å². The highest BCUT2D eigenvalue weighted by Crippen LogP contribution is 2.33. The molecule has 2 aromatic carbocycles. The lowest BCUT2D eigenvalue weighted by Gasteiger charge is -2.11. The molecule has 7 heteroatoms. The first-order valence-electron chi connectivity index (χ1n) is 8.27. The standard InChI is InChI=1S/C21H17F2NO3S/c1-26-18-11-16(23)17(12-19(18)27-2)24-21(25)10-8-13-7-9-20(28-13)14-5-3-4-6-15(14)22/h3-12H,1-2H3,(H,24,25)/b10-8+. The lowest BCUT2D eigenvalue weighted by Crippen LogP contribution is -2.09. The summed E-state index contributed by atoms with van der Waals surface area (Å²) < 4.78 is 38.1. The van der Waals surface area contributed by atoms with Crippen molar-refractivity contribution in [2.24, 2.45) is 0 Å². The van der Waals surface area contributed by atoms with Gasteiger partial charge in [-0.25, -0.2) is 8.78 Å². The van der Waals surface area contributed by atoms with E-state index in [2.05, 4.69) is 5.32 Å². The zero-order valence-electron chi connectivity index (χ0n) is 15.2. The number of amides is 1. The summed E-state index contributed by atoms with van der Waals surface area (Å²) in [5, 5.41) is 2.46. The minimum absolute atomic E-state index is 0.0227. The molecule has 1 amide bonds. The minimum atomic E-state index is -0.641. The lowest BCUT2D eigenvalue weighted by atomic mass is 10.2. The normalized spacial score (nSPS) is 10.9. The first kappa shape index (κ1) is 19.6. The van der Waals surface area contributed by atoms with Gasteiger partial charge in [-0.2, -0.15) is 0 Å². The van der Waals surface area contributed by atoms with Crippen LogP contribution >= 0.6 is 11.3 Å². The Bertz CT molecular complexity index is 1030. The molecule has 0 radical (unpaired) electrons. The Balaban J connectivity index is 1.72. The van der Waals surface area contributed by atoms with E-state index in [1.807, 2.05) is 0 Å². The van der Waals surface area contributed by atoms with Gasteiger partial charge in [0.1, 0.15) is 5.82 Å². The van der Waals surface area contributed by atoms with Crippen molar-refractivity contribution in [1.82, 2.24) is 0 Å². The quantitative estimate of drug-likeness (QED) is 0.566. The molecule has 0 atom stereocenters. The van der Waals surface area contributed by atoms with Crippen molar-refractivity contribution in [3.05, 3.63) is 71.1 Å². The zero-order valence-corrected chi connectivity index (χ0v) is 16.0. The number of carbonyl (C=O) groups is 1. The Morgan fingerprint density at radius 2 is 1.71 bits per heavy atom. The van der Waals surface area contributed by atoms with Crippen molar-refractivity contribution < 1.29 is 23.0 Å². The molecule has 3 rings (SSSR count). The van der Waals surface area contributed by atoms with Crippen LogP contribution in [0.5, 0.6) is 11.5 Å². The molecular weight excluding hydrogens is 384 g/mol. The Hall–Kier alpha value is -3.19. The van der Waals surface area contributed by atoms with E-state index in [0.717, 1.165) is 15.8 Å². The average Bonchev–Trinajstić information content (AvgIpc) is 3.16. The maximum absolute atomic E-state index is 14.1. The first-order valence-corrected chi connectivity index (χ1v) is 9.08. The van der Waals surface area contributed by atoms with E-state index in [4.69, 9.17) is 9.47 Å². The number of anilines is 1. The van der Waals surface area contributed by atoms with E-state index in [1.54, 1.807) is 36.4 Å². The van der Waals surface area contributed by atoms with Crippen LogP contribution in [0, 0.1) is 11.6 Å². The fraction of sp³-hybridized carbons (Fsp3) is 0.0952. The van der Waals surface area contributed by atoms with Crippen LogP contribution in [-0.2, 0) is 4.79 Å². The minimum Gasteiger partial charge on any atom is -0.493 e. The van der Waals surface area contributed by atoms with Gasteiger partial charge in [0.15, 0.2) is 17.3 Å². The van der Waals surface area contributed by atoms with Gasteiger partial charge in [-0.1, -0.05) is 18.2 Å². The second-order valence-corrected chi connectivity index (χ2v) is 6.81. The average molecular weight is 401 g/mol. The number of ether oxygens (including phenoxy) is 2. The Morgan fingerprint density at radius 3 is 2.43 bits per heavy atom. The third-order valence-corrected chi connectivity index (χ3v) is 4.98. The molecule has 0 spiro atoms. The molecule has 1 aromatic heterocycles. The fourth-order valence-electron chi connectivity index (χ4n) is 2.53. The number of hydrogen-bond acceptors (Lipinski definition) is 4. The van der Waals surface area contributed by atoms with Crippen LogP contribution in [-0.4, -0.2) is 20.1 Å². The number of hydrogen-bond donors (Lipinski definition) is 1. The van der Waals surface area contributed by atoms with E-state index in [1.165, 1.54) is 43.8 Å². The number of methoxy groups -OCH3 is 2. The molecule has 1 N–H and O–H groups in total. The Morgan fingerprint density at radius 1 is 1.00 bits per heavy atom. The summed E-state index contributed by atoms with van der Waals surface area (Å²) >= 11 is 1.35. The van der Waals surface area contributed by atoms with Crippen molar-refractivity contribution in [2.45, 2.75) is 0 Å². The molecule has 0 aliphatic carbocycles. The number of rotatable bonds is 6. The first-order chi connectivity index (χ1) is 13.5.